The monoisotopic (exact) mass is 505 g/mol. The van der Waals surface area contributed by atoms with Gasteiger partial charge in [-0.15, -0.1) is 0 Å². The van der Waals surface area contributed by atoms with Gasteiger partial charge in [0.2, 0.25) is 17.8 Å². The zero-order chi connectivity index (χ0) is 26.4. The first-order valence-electron chi connectivity index (χ1n) is 11.8. The largest absolute Gasteiger partial charge is 0.495 e. The average Bonchev–Trinajstić information content (AvgIpc) is 2.88. The van der Waals surface area contributed by atoms with Crippen LogP contribution in [0, 0.1) is 0 Å². The molecule has 0 radical (unpaired) electrons. The number of hydrogen-bond acceptors (Lipinski definition) is 8. The number of esters is 1. The van der Waals surface area contributed by atoms with E-state index < -0.39 is 29.3 Å². The highest BCUT2D eigenvalue weighted by Crippen LogP contribution is 2.31. The van der Waals surface area contributed by atoms with Gasteiger partial charge in [-0.1, -0.05) is 25.5 Å². The minimum atomic E-state index is -1.06. The molecule has 4 rings (SSSR count). The molecule has 2 aromatic carbocycles. The number of H-pyrrole nitrogens is 1. The number of carbonyl (C=O) groups is 3. The van der Waals surface area contributed by atoms with Gasteiger partial charge in [0.05, 0.1) is 36.4 Å². The fourth-order valence-electron chi connectivity index (χ4n) is 3.84. The zero-order valence-electron chi connectivity index (χ0n) is 20.4. The Balaban J connectivity index is 1.51. The lowest BCUT2D eigenvalue weighted by Gasteiger charge is -2.23. The summed E-state index contributed by atoms with van der Waals surface area (Å²) >= 11 is 0. The predicted octanol–water partition coefficient (Wildman–Crippen LogP) is 3.54. The molecular weight excluding hydrogens is 478 g/mol. The smallest absolute Gasteiger partial charge is 0.338 e. The Morgan fingerprint density at radius 2 is 1.86 bits per heavy atom. The molecule has 192 valence electrons. The Labute approximate surface area is 212 Å². The second-order valence-electron chi connectivity index (χ2n) is 8.36. The van der Waals surface area contributed by atoms with Gasteiger partial charge in [-0.05, 0) is 42.8 Å². The Bertz CT molecular complexity index is 1370. The molecule has 0 fully saturated rings. The highest BCUT2D eigenvalue weighted by atomic mass is 16.5. The summed E-state index contributed by atoms with van der Waals surface area (Å²) in [5.41, 5.74) is 0.808. The average molecular weight is 506 g/mol. The van der Waals surface area contributed by atoms with E-state index in [9.17, 15) is 19.2 Å². The van der Waals surface area contributed by atoms with Crippen LogP contribution in [0.1, 0.15) is 48.0 Å². The van der Waals surface area contributed by atoms with Crippen LogP contribution in [-0.4, -0.2) is 41.5 Å². The van der Waals surface area contributed by atoms with Crippen molar-refractivity contribution in [1.29, 1.82) is 0 Å². The third-order valence-corrected chi connectivity index (χ3v) is 5.75. The van der Waals surface area contributed by atoms with E-state index in [0.717, 1.165) is 12.8 Å². The molecule has 0 saturated carbocycles. The van der Waals surface area contributed by atoms with Crippen LogP contribution in [0.4, 0.5) is 23.1 Å². The lowest BCUT2D eigenvalue weighted by Crippen LogP contribution is -2.36. The van der Waals surface area contributed by atoms with Crippen LogP contribution in [0.15, 0.2) is 53.3 Å². The van der Waals surface area contributed by atoms with Gasteiger partial charge in [0.25, 0.3) is 5.56 Å². The van der Waals surface area contributed by atoms with E-state index in [-0.39, 0.29) is 23.8 Å². The number of fused-ring (bicyclic) bond motifs is 1. The molecule has 37 heavy (non-hydrogen) atoms. The van der Waals surface area contributed by atoms with Gasteiger partial charge in [0, 0.05) is 12.1 Å². The van der Waals surface area contributed by atoms with Crippen LogP contribution in [0.2, 0.25) is 0 Å². The zero-order valence-corrected chi connectivity index (χ0v) is 20.4. The van der Waals surface area contributed by atoms with Crippen LogP contribution in [0.5, 0.6) is 5.75 Å². The predicted molar refractivity (Wildman–Crippen MR) is 137 cm³/mol. The molecule has 11 nitrogen and oxygen atoms in total. The number of ether oxygens (including phenoxy) is 2. The van der Waals surface area contributed by atoms with Crippen LogP contribution in [0.25, 0.3) is 0 Å². The number of amides is 2. The van der Waals surface area contributed by atoms with Gasteiger partial charge in [-0.3, -0.25) is 19.4 Å². The molecule has 0 aliphatic carbocycles. The van der Waals surface area contributed by atoms with Gasteiger partial charge in [-0.25, -0.2) is 4.79 Å². The summed E-state index contributed by atoms with van der Waals surface area (Å²) in [5.74, 6) is -1.88. The van der Waals surface area contributed by atoms with Crippen molar-refractivity contribution in [3.63, 3.8) is 0 Å². The Hall–Kier alpha value is -4.67. The SMILES string of the molecule is CCCCOC(=O)c1ccc(NC(=O)[C@@H]2CC(=O)Nc3nc(Nc4ccccc4OC)[nH]c(=O)c32)cc1. The van der Waals surface area contributed by atoms with E-state index in [1.54, 1.807) is 36.4 Å². The quantitative estimate of drug-likeness (QED) is 0.255. The molecule has 11 heteroatoms. The van der Waals surface area contributed by atoms with Crippen molar-refractivity contribution < 1.29 is 23.9 Å². The number of carbonyl (C=O) groups excluding carboxylic acids is 3. The maximum atomic E-state index is 13.1. The summed E-state index contributed by atoms with van der Waals surface area (Å²) in [6, 6.07) is 13.2. The third kappa shape index (κ3) is 5.95. The van der Waals surface area contributed by atoms with E-state index >= 15 is 0 Å². The number of aromatic nitrogens is 2. The van der Waals surface area contributed by atoms with E-state index in [4.69, 9.17) is 9.47 Å². The van der Waals surface area contributed by atoms with Gasteiger partial charge in [0.15, 0.2) is 0 Å². The molecule has 1 aliphatic rings. The molecule has 1 atom stereocenters. The number of unbranched alkanes of at least 4 members (excludes halogenated alkanes) is 1. The highest BCUT2D eigenvalue weighted by molar-refractivity contribution is 6.04. The molecule has 2 amide bonds. The molecular formula is C26H27N5O6. The first-order chi connectivity index (χ1) is 17.9. The summed E-state index contributed by atoms with van der Waals surface area (Å²) in [4.78, 5) is 57.4. The molecule has 4 N–H and O–H groups in total. The second kappa shape index (κ2) is 11.4. The maximum absolute atomic E-state index is 13.1. The molecule has 0 spiro atoms. The number of nitrogens with one attached hydrogen (secondary N) is 4. The van der Waals surface area contributed by atoms with Gasteiger partial charge in [0.1, 0.15) is 11.6 Å². The van der Waals surface area contributed by atoms with Gasteiger partial charge < -0.3 is 25.4 Å². The van der Waals surface area contributed by atoms with Crippen molar-refractivity contribution in [2.75, 3.05) is 29.7 Å². The fraction of sp³-hybridized carbons (Fsp3) is 0.269. The standard InChI is InChI=1S/C26H27N5O6/c1-3-4-13-37-25(35)15-9-11-16(12-10-15)27-23(33)17-14-20(32)29-22-21(17)24(34)31-26(30-22)28-18-7-5-6-8-19(18)36-2/h5-12,17H,3-4,13-14H2,1-2H3,(H,27,33)(H3,28,29,30,31,32,34)/t17-/m1/s1. The Morgan fingerprint density at radius 1 is 1.11 bits per heavy atom. The van der Waals surface area contributed by atoms with Crippen molar-refractivity contribution in [1.82, 2.24) is 9.97 Å². The van der Waals surface area contributed by atoms with Crippen LogP contribution in [0.3, 0.4) is 0 Å². The minimum absolute atomic E-state index is 0.00252. The van der Waals surface area contributed by atoms with Crippen LogP contribution >= 0.6 is 0 Å². The highest BCUT2D eigenvalue weighted by Gasteiger charge is 2.35. The normalized spacial score (nSPS) is 14.2. The van der Waals surface area contributed by atoms with Gasteiger partial charge >= 0.3 is 5.97 Å². The molecule has 1 aliphatic heterocycles. The van der Waals surface area contributed by atoms with E-state index in [0.29, 0.717) is 29.3 Å². The number of methoxy groups -OCH3 is 1. The summed E-state index contributed by atoms with van der Waals surface area (Å²) in [6.45, 7) is 2.34. The van der Waals surface area contributed by atoms with Crippen LogP contribution < -0.4 is 26.2 Å². The van der Waals surface area contributed by atoms with E-state index in [1.807, 2.05) is 6.92 Å². The number of rotatable bonds is 9. The number of aromatic amines is 1. The number of hydrogen-bond donors (Lipinski definition) is 4. The third-order valence-electron chi connectivity index (χ3n) is 5.75. The van der Waals surface area contributed by atoms with Gasteiger partial charge in [-0.2, -0.15) is 4.98 Å². The van der Waals surface area contributed by atoms with Crippen molar-refractivity contribution >= 4 is 40.9 Å². The number of benzene rings is 2. The number of para-hydroxylation sites is 2. The first-order valence-corrected chi connectivity index (χ1v) is 11.8. The number of anilines is 4. The van der Waals surface area contributed by atoms with Crippen molar-refractivity contribution in [3.8, 4) is 5.75 Å². The second-order valence-corrected chi connectivity index (χ2v) is 8.36. The summed E-state index contributed by atoms with van der Waals surface area (Å²) in [7, 11) is 1.51. The fourth-order valence-corrected chi connectivity index (χ4v) is 3.84. The molecule has 3 aromatic rings. The van der Waals surface area contributed by atoms with Crippen molar-refractivity contribution in [2.24, 2.45) is 0 Å². The maximum Gasteiger partial charge on any atom is 0.338 e. The minimum Gasteiger partial charge on any atom is -0.495 e. The van der Waals surface area contributed by atoms with E-state index in [2.05, 4.69) is 25.9 Å². The number of nitrogens with zero attached hydrogens (tertiary/aromatic N) is 1. The van der Waals surface area contributed by atoms with Crippen molar-refractivity contribution in [2.45, 2.75) is 32.1 Å². The summed E-state index contributed by atoms with van der Waals surface area (Å²) < 4.78 is 10.5. The van der Waals surface area contributed by atoms with E-state index in [1.165, 1.54) is 19.2 Å². The van der Waals surface area contributed by atoms with Crippen LogP contribution in [-0.2, 0) is 14.3 Å². The summed E-state index contributed by atoms with van der Waals surface area (Å²) in [6.07, 6.45) is 1.48. The molecule has 0 bridgehead atoms. The molecule has 0 unspecified atom stereocenters. The topological polar surface area (TPSA) is 152 Å². The lowest BCUT2D eigenvalue weighted by molar-refractivity contribution is -0.123. The van der Waals surface area contributed by atoms with Crippen molar-refractivity contribution in [3.05, 3.63) is 70.0 Å². The molecule has 2 heterocycles. The lowest BCUT2D eigenvalue weighted by atomic mass is 9.92. The summed E-state index contributed by atoms with van der Waals surface area (Å²) in [5, 5.41) is 8.24. The first kappa shape index (κ1) is 25.4. The Morgan fingerprint density at radius 3 is 2.59 bits per heavy atom. The Kier molecular flexibility index (Phi) is 7.82. The molecule has 0 saturated heterocycles. The molecule has 1 aromatic heterocycles.